The lowest BCUT2D eigenvalue weighted by molar-refractivity contribution is 0.421. The van der Waals surface area contributed by atoms with Crippen LogP contribution < -0.4 is 0 Å². The molecular formula is C11H19N3O2S. The van der Waals surface area contributed by atoms with Crippen molar-refractivity contribution in [3.63, 3.8) is 0 Å². The van der Waals surface area contributed by atoms with Crippen LogP contribution in [0.2, 0.25) is 0 Å². The topological polar surface area (TPSA) is 66.1 Å². The molecule has 0 unspecified atom stereocenters. The van der Waals surface area contributed by atoms with E-state index < -0.39 is 10.0 Å². The summed E-state index contributed by atoms with van der Waals surface area (Å²) in [6.45, 7) is 6.79. The number of fused-ring (bicyclic) bond motifs is 1. The Labute approximate surface area is 102 Å². The van der Waals surface area contributed by atoms with Gasteiger partial charge in [-0.25, -0.2) is 8.42 Å². The number of aromatic amines is 1. The molecule has 0 aromatic carbocycles. The molecule has 0 amide bonds. The fourth-order valence-electron chi connectivity index (χ4n) is 2.19. The van der Waals surface area contributed by atoms with E-state index in [-0.39, 0.29) is 11.7 Å². The lowest BCUT2D eigenvalue weighted by atomic mass is 10.2. The molecule has 2 rings (SSSR count). The van der Waals surface area contributed by atoms with Gasteiger partial charge in [-0.05, 0) is 12.3 Å². The molecule has 1 aromatic heterocycles. The smallest absolute Gasteiger partial charge is 0.215 e. The molecule has 1 N–H and O–H groups in total. The van der Waals surface area contributed by atoms with Crippen molar-refractivity contribution in [3.8, 4) is 0 Å². The molecule has 0 atom stereocenters. The number of nitrogens with one attached hydrogen (secondary N) is 1. The van der Waals surface area contributed by atoms with Gasteiger partial charge in [-0.15, -0.1) is 0 Å². The van der Waals surface area contributed by atoms with Crippen LogP contribution in [0.15, 0.2) is 0 Å². The molecule has 0 fully saturated rings. The number of H-pyrrole nitrogens is 1. The highest BCUT2D eigenvalue weighted by atomic mass is 32.2. The molecule has 0 radical (unpaired) electrons. The van der Waals surface area contributed by atoms with Crippen LogP contribution in [0.4, 0.5) is 0 Å². The van der Waals surface area contributed by atoms with E-state index in [1.54, 1.807) is 4.31 Å². The van der Waals surface area contributed by atoms with E-state index in [1.807, 2.05) is 20.8 Å². The van der Waals surface area contributed by atoms with Crippen LogP contribution >= 0.6 is 0 Å². The Morgan fingerprint density at radius 1 is 1.41 bits per heavy atom. The molecule has 96 valence electrons. The Kier molecular flexibility index (Phi) is 3.27. The summed E-state index contributed by atoms with van der Waals surface area (Å²) >= 11 is 0. The fourth-order valence-corrected chi connectivity index (χ4v) is 3.89. The van der Waals surface area contributed by atoms with Gasteiger partial charge in [0.15, 0.2) is 0 Å². The van der Waals surface area contributed by atoms with Crippen molar-refractivity contribution < 1.29 is 8.42 Å². The van der Waals surface area contributed by atoms with Crippen molar-refractivity contribution >= 4 is 10.0 Å². The highest BCUT2D eigenvalue weighted by molar-refractivity contribution is 7.89. The molecule has 0 saturated carbocycles. The summed E-state index contributed by atoms with van der Waals surface area (Å²) < 4.78 is 25.8. The van der Waals surface area contributed by atoms with E-state index in [4.69, 9.17) is 0 Å². The highest BCUT2D eigenvalue weighted by Gasteiger charge is 2.32. The van der Waals surface area contributed by atoms with Gasteiger partial charge in [0, 0.05) is 12.1 Å². The third-order valence-electron chi connectivity index (χ3n) is 2.98. The second-order valence-electron chi connectivity index (χ2n) is 4.92. The maximum atomic E-state index is 12.1. The van der Waals surface area contributed by atoms with Gasteiger partial charge in [0.05, 0.1) is 23.7 Å². The first-order chi connectivity index (χ1) is 7.94. The van der Waals surface area contributed by atoms with E-state index in [2.05, 4.69) is 10.2 Å². The zero-order valence-corrected chi connectivity index (χ0v) is 11.3. The van der Waals surface area contributed by atoms with Crippen LogP contribution in [0.3, 0.4) is 0 Å². The zero-order valence-electron chi connectivity index (χ0n) is 10.5. The van der Waals surface area contributed by atoms with Gasteiger partial charge in [0.2, 0.25) is 10.0 Å². The molecule has 6 heteroatoms. The Hall–Kier alpha value is -0.880. The second kappa shape index (κ2) is 4.42. The SMILES string of the molecule is CCc1n[nH]c2c1CN(S(=O)(=O)CC(C)C)C2. The van der Waals surface area contributed by atoms with Crippen molar-refractivity contribution in [1.29, 1.82) is 0 Å². The number of aromatic nitrogens is 2. The van der Waals surface area contributed by atoms with Gasteiger partial charge in [-0.1, -0.05) is 20.8 Å². The maximum Gasteiger partial charge on any atom is 0.215 e. The summed E-state index contributed by atoms with van der Waals surface area (Å²) in [5.74, 6) is 0.370. The quantitative estimate of drug-likeness (QED) is 0.883. The normalized spacial score (nSPS) is 16.7. The number of nitrogens with zero attached hydrogens (tertiary/aromatic N) is 2. The third-order valence-corrected chi connectivity index (χ3v) is 5.11. The molecular weight excluding hydrogens is 238 g/mol. The Balaban J connectivity index is 2.17. The molecule has 1 aliphatic rings. The molecule has 0 spiro atoms. The molecule has 2 heterocycles. The summed E-state index contributed by atoms with van der Waals surface area (Å²) in [6, 6.07) is 0. The van der Waals surface area contributed by atoms with Crippen molar-refractivity contribution in [2.24, 2.45) is 5.92 Å². The summed E-state index contributed by atoms with van der Waals surface area (Å²) in [6.07, 6.45) is 0.837. The zero-order chi connectivity index (χ0) is 12.6. The standard InChI is InChI=1S/C11H19N3O2S/c1-4-10-9-5-14(6-11(9)13-12-10)17(15,16)7-8(2)3/h8H,4-7H2,1-3H3,(H,12,13). The van der Waals surface area contributed by atoms with E-state index in [0.29, 0.717) is 13.1 Å². The number of rotatable bonds is 4. The first-order valence-corrected chi connectivity index (χ1v) is 7.57. The maximum absolute atomic E-state index is 12.1. The van der Waals surface area contributed by atoms with E-state index in [1.165, 1.54) is 0 Å². The van der Waals surface area contributed by atoms with Crippen molar-refractivity contribution in [2.45, 2.75) is 40.3 Å². The first kappa shape index (κ1) is 12.6. The molecule has 1 aliphatic heterocycles. The minimum atomic E-state index is -3.14. The minimum absolute atomic E-state index is 0.155. The van der Waals surface area contributed by atoms with E-state index in [9.17, 15) is 8.42 Å². The van der Waals surface area contributed by atoms with Gasteiger partial charge in [-0.2, -0.15) is 9.40 Å². The number of hydrogen-bond acceptors (Lipinski definition) is 3. The average Bonchev–Trinajstić information content (AvgIpc) is 2.73. The van der Waals surface area contributed by atoms with Crippen LogP contribution in [0.25, 0.3) is 0 Å². The Bertz CT molecular complexity index is 505. The van der Waals surface area contributed by atoms with Gasteiger partial charge in [0.25, 0.3) is 0 Å². The molecule has 17 heavy (non-hydrogen) atoms. The van der Waals surface area contributed by atoms with Gasteiger partial charge in [-0.3, -0.25) is 5.10 Å². The number of hydrogen-bond donors (Lipinski definition) is 1. The molecule has 0 saturated heterocycles. The molecule has 0 aliphatic carbocycles. The number of aryl methyl sites for hydroxylation is 1. The number of sulfonamides is 1. The largest absolute Gasteiger partial charge is 0.281 e. The third kappa shape index (κ3) is 2.37. The van der Waals surface area contributed by atoms with Gasteiger partial charge in [0.1, 0.15) is 0 Å². The summed E-state index contributed by atoms with van der Waals surface area (Å²) in [7, 11) is -3.14. The lowest BCUT2D eigenvalue weighted by Gasteiger charge is -2.17. The molecule has 1 aromatic rings. The predicted octanol–water partition coefficient (Wildman–Crippen LogP) is 1.27. The van der Waals surface area contributed by atoms with Gasteiger partial charge >= 0.3 is 0 Å². The fraction of sp³-hybridized carbons (Fsp3) is 0.727. The average molecular weight is 257 g/mol. The highest BCUT2D eigenvalue weighted by Crippen LogP contribution is 2.27. The Morgan fingerprint density at radius 2 is 2.12 bits per heavy atom. The van der Waals surface area contributed by atoms with Crippen LogP contribution in [0, 0.1) is 5.92 Å². The first-order valence-electron chi connectivity index (χ1n) is 5.96. The van der Waals surface area contributed by atoms with E-state index in [0.717, 1.165) is 23.4 Å². The Morgan fingerprint density at radius 3 is 2.71 bits per heavy atom. The van der Waals surface area contributed by atoms with Crippen molar-refractivity contribution in [3.05, 3.63) is 17.0 Å². The van der Waals surface area contributed by atoms with Crippen LogP contribution in [0.1, 0.15) is 37.7 Å². The minimum Gasteiger partial charge on any atom is -0.281 e. The summed E-state index contributed by atoms with van der Waals surface area (Å²) in [5, 5.41) is 7.12. The lowest BCUT2D eigenvalue weighted by Crippen LogP contribution is -2.30. The molecule has 5 nitrogen and oxygen atoms in total. The summed E-state index contributed by atoms with van der Waals surface area (Å²) in [4.78, 5) is 0. The van der Waals surface area contributed by atoms with Crippen LogP contribution in [-0.4, -0.2) is 28.7 Å². The monoisotopic (exact) mass is 257 g/mol. The predicted molar refractivity (Wildman–Crippen MR) is 65.8 cm³/mol. The van der Waals surface area contributed by atoms with Crippen molar-refractivity contribution in [1.82, 2.24) is 14.5 Å². The van der Waals surface area contributed by atoms with Gasteiger partial charge < -0.3 is 0 Å². The second-order valence-corrected chi connectivity index (χ2v) is 6.93. The van der Waals surface area contributed by atoms with E-state index >= 15 is 0 Å². The van der Waals surface area contributed by atoms with Crippen LogP contribution in [0.5, 0.6) is 0 Å². The van der Waals surface area contributed by atoms with Crippen LogP contribution in [-0.2, 0) is 29.5 Å². The van der Waals surface area contributed by atoms with Crippen molar-refractivity contribution in [2.75, 3.05) is 5.75 Å². The summed E-state index contributed by atoms with van der Waals surface area (Å²) in [5.41, 5.74) is 3.01. The molecule has 0 bridgehead atoms.